The van der Waals surface area contributed by atoms with E-state index in [0.717, 1.165) is 25.9 Å². The minimum atomic E-state index is -0.579. The molecule has 5 aliphatic rings. The standard InChI is InChI=1S/C20H32O3/c1-17-7-3-8-20(16(21)23-12-17)14(17)6-9-19-10-13(4-5-15(19)20)18(2,22)11-19/h13-16,21-22H,3-12H2,1-2H3. The summed E-state index contributed by atoms with van der Waals surface area (Å²) in [6, 6.07) is 0. The Morgan fingerprint density at radius 3 is 2.65 bits per heavy atom. The molecule has 0 radical (unpaired) electrons. The molecule has 0 aromatic heterocycles. The molecule has 4 saturated carbocycles. The van der Waals surface area contributed by atoms with Gasteiger partial charge in [-0.3, -0.25) is 0 Å². The first kappa shape index (κ1) is 15.2. The molecule has 8 atom stereocenters. The van der Waals surface area contributed by atoms with Crippen molar-refractivity contribution in [1.29, 1.82) is 0 Å². The van der Waals surface area contributed by atoms with Crippen molar-refractivity contribution in [3.8, 4) is 0 Å². The first-order valence-corrected chi connectivity index (χ1v) is 9.85. The predicted octanol–water partition coefficient (Wildman–Crippen LogP) is 3.48. The monoisotopic (exact) mass is 320 g/mol. The minimum Gasteiger partial charge on any atom is -0.390 e. The van der Waals surface area contributed by atoms with Gasteiger partial charge in [-0.2, -0.15) is 0 Å². The fraction of sp³-hybridized carbons (Fsp3) is 1.00. The van der Waals surface area contributed by atoms with Gasteiger partial charge in [-0.15, -0.1) is 0 Å². The molecule has 130 valence electrons. The van der Waals surface area contributed by atoms with Crippen LogP contribution in [0.4, 0.5) is 0 Å². The summed E-state index contributed by atoms with van der Waals surface area (Å²) in [5.41, 5.74) is 0.00543. The Bertz CT molecular complexity index is 531. The highest BCUT2D eigenvalue weighted by molar-refractivity contribution is 5.18. The predicted molar refractivity (Wildman–Crippen MR) is 87.6 cm³/mol. The Hall–Kier alpha value is -0.120. The van der Waals surface area contributed by atoms with Crippen molar-refractivity contribution in [2.75, 3.05) is 6.61 Å². The van der Waals surface area contributed by atoms with E-state index in [9.17, 15) is 10.2 Å². The number of fused-ring (bicyclic) bond motifs is 1. The Labute approximate surface area is 139 Å². The second-order valence-corrected chi connectivity index (χ2v) is 10.3. The first-order valence-electron chi connectivity index (χ1n) is 9.85. The highest BCUT2D eigenvalue weighted by Crippen LogP contribution is 2.74. The van der Waals surface area contributed by atoms with Crippen LogP contribution in [0.25, 0.3) is 0 Å². The van der Waals surface area contributed by atoms with Gasteiger partial charge >= 0.3 is 0 Å². The van der Waals surface area contributed by atoms with E-state index in [1.807, 2.05) is 0 Å². The van der Waals surface area contributed by atoms with Crippen molar-refractivity contribution >= 4 is 0 Å². The van der Waals surface area contributed by atoms with Gasteiger partial charge in [0.15, 0.2) is 6.29 Å². The van der Waals surface area contributed by atoms with Crippen LogP contribution in [-0.4, -0.2) is 28.7 Å². The van der Waals surface area contributed by atoms with Crippen molar-refractivity contribution in [1.82, 2.24) is 0 Å². The van der Waals surface area contributed by atoms with Crippen molar-refractivity contribution < 1.29 is 14.9 Å². The van der Waals surface area contributed by atoms with Gasteiger partial charge in [-0.25, -0.2) is 0 Å². The average molecular weight is 320 g/mol. The molecule has 8 unspecified atom stereocenters. The van der Waals surface area contributed by atoms with Crippen LogP contribution < -0.4 is 0 Å². The molecule has 0 aromatic carbocycles. The number of rotatable bonds is 0. The van der Waals surface area contributed by atoms with Gasteiger partial charge in [-0.1, -0.05) is 13.3 Å². The molecular formula is C20H32O3. The molecule has 4 bridgehead atoms. The van der Waals surface area contributed by atoms with Crippen LogP contribution in [0.5, 0.6) is 0 Å². The smallest absolute Gasteiger partial charge is 0.160 e. The first-order chi connectivity index (χ1) is 10.8. The lowest BCUT2D eigenvalue weighted by atomic mass is 9.39. The van der Waals surface area contributed by atoms with Crippen LogP contribution in [0.15, 0.2) is 0 Å². The molecule has 0 amide bonds. The number of aliphatic hydroxyl groups excluding tert-OH is 1. The third kappa shape index (κ3) is 1.67. The number of hydrogen-bond donors (Lipinski definition) is 2. The lowest BCUT2D eigenvalue weighted by Crippen LogP contribution is -2.66. The fourth-order valence-corrected chi connectivity index (χ4v) is 8.52. The van der Waals surface area contributed by atoms with E-state index in [4.69, 9.17) is 4.74 Å². The average Bonchev–Trinajstić information content (AvgIpc) is 2.68. The van der Waals surface area contributed by atoms with E-state index < -0.39 is 11.9 Å². The van der Waals surface area contributed by atoms with Crippen LogP contribution in [0.1, 0.15) is 71.6 Å². The number of hydrogen-bond acceptors (Lipinski definition) is 3. The number of aliphatic hydroxyl groups is 2. The lowest BCUT2D eigenvalue weighted by molar-refractivity contribution is -0.330. The zero-order valence-corrected chi connectivity index (χ0v) is 14.7. The Balaban J connectivity index is 1.62. The summed E-state index contributed by atoms with van der Waals surface area (Å²) in [6.45, 7) is 5.21. The molecule has 5 rings (SSSR count). The third-order valence-corrected chi connectivity index (χ3v) is 9.24. The molecular weight excluding hydrogens is 288 g/mol. The topological polar surface area (TPSA) is 49.7 Å². The van der Waals surface area contributed by atoms with E-state index in [0.29, 0.717) is 17.8 Å². The van der Waals surface area contributed by atoms with Crippen LogP contribution in [-0.2, 0) is 4.74 Å². The normalized spacial score (nSPS) is 64.2. The molecule has 1 heterocycles. The molecule has 3 heteroatoms. The summed E-state index contributed by atoms with van der Waals surface area (Å²) in [5.74, 6) is 1.64. The molecule has 2 N–H and O–H groups in total. The summed E-state index contributed by atoms with van der Waals surface area (Å²) in [4.78, 5) is 0. The van der Waals surface area contributed by atoms with Gasteiger partial charge in [0.1, 0.15) is 0 Å². The Morgan fingerprint density at radius 2 is 1.83 bits per heavy atom. The van der Waals surface area contributed by atoms with Gasteiger partial charge in [-0.05, 0) is 86.9 Å². The minimum absolute atomic E-state index is 0.0328. The lowest BCUT2D eigenvalue weighted by Gasteiger charge is -2.68. The zero-order valence-electron chi connectivity index (χ0n) is 14.7. The summed E-state index contributed by atoms with van der Waals surface area (Å²) >= 11 is 0. The molecule has 4 aliphatic carbocycles. The van der Waals surface area contributed by atoms with Crippen molar-refractivity contribution in [3.63, 3.8) is 0 Å². The van der Waals surface area contributed by atoms with Crippen LogP contribution >= 0.6 is 0 Å². The van der Waals surface area contributed by atoms with Gasteiger partial charge in [0, 0.05) is 5.41 Å². The molecule has 23 heavy (non-hydrogen) atoms. The van der Waals surface area contributed by atoms with E-state index in [2.05, 4.69) is 13.8 Å². The summed E-state index contributed by atoms with van der Waals surface area (Å²) in [7, 11) is 0. The number of ether oxygens (including phenoxy) is 1. The maximum atomic E-state index is 11.0. The quantitative estimate of drug-likeness (QED) is 0.718. The second-order valence-electron chi connectivity index (χ2n) is 10.3. The third-order valence-electron chi connectivity index (χ3n) is 9.24. The molecule has 0 aromatic rings. The van der Waals surface area contributed by atoms with Crippen molar-refractivity contribution in [3.05, 3.63) is 0 Å². The van der Waals surface area contributed by atoms with Crippen LogP contribution in [0.3, 0.4) is 0 Å². The van der Waals surface area contributed by atoms with Crippen molar-refractivity contribution in [2.45, 2.75) is 83.5 Å². The highest BCUT2D eigenvalue weighted by atomic mass is 16.6. The summed E-state index contributed by atoms with van der Waals surface area (Å²) in [5, 5.41) is 22.0. The van der Waals surface area contributed by atoms with Gasteiger partial charge in [0.05, 0.1) is 12.2 Å². The SMILES string of the molecule is CC1(O)CC23CCC4C5(C)CCCC4(C(O)OC5)C2CCC1C3. The molecule has 3 nitrogen and oxygen atoms in total. The maximum Gasteiger partial charge on any atom is 0.160 e. The zero-order chi connectivity index (χ0) is 16.1. The second kappa shape index (κ2) is 4.34. The van der Waals surface area contributed by atoms with Gasteiger partial charge in [0.25, 0.3) is 0 Å². The van der Waals surface area contributed by atoms with Gasteiger partial charge < -0.3 is 14.9 Å². The van der Waals surface area contributed by atoms with E-state index >= 15 is 0 Å². The Kier molecular flexibility index (Phi) is 2.86. The maximum absolute atomic E-state index is 11.0. The van der Waals surface area contributed by atoms with E-state index in [1.54, 1.807) is 0 Å². The molecule has 5 fully saturated rings. The largest absolute Gasteiger partial charge is 0.390 e. The van der Waals surface area contributed by atoms with E-state index in [-0.39, 0.29) is 16.2 Å². The summed E-state index contributed by atoms with van der Waals surface area (Å²) < 4.78 is 6.01. The van der Waals surface area contributed by atoms with E-state index in [1.165, 1.54) is 38.5 Å². The molecule has 1 saturated heterocycles. The highest BCUT2D eigenvalue weighted by Gasteiger charge is 2.71. The summed E-state index contributed by atoms with van der Waals surface area (Å²) in [6.07, 6.45) is 10.0. The van der Waals surface area contributed by atoms with Gasteiger partial charge in [0.2, 0.25) is 0 Å². The molecule has 1 spiro atoms. The molecule has 1 aliphatic heterocycles. The van der Waals surface area contributed by atoms with Crippen molar-refractivity contribution in [2.24, 2.45) is 34.0 Å². The van der Waals surface area contributed by atoms with Crippen LogP contribution in [0.2, 0.25) is 0 Å². The Morgan fingerprint density at radius 1 is 1.00 bits per heavy atom. The van der Waals surface area contributed by atoms with Crippen LogP contribution in [0, 0.1) is 34.0 Å². The fourth-order valence-electron chi connectivity index (χ4n) is 8.52.